The van der Waals surface area contributed by atoms with Gasteiger partial charge in [0.15, 0.2) is 0 Å². The van der Waals surface area contributed by atoms with Gasteiger partial charge in [-0.15, -0.1) is 0 Å². The lowest BCUT2D eigenvalue weighted by atomic mass is 9.88. The van der Waals surface area contributed by atoms with Crippen LogP contribution >= 0.6 is 11.6 Å². The minimum absolute atomic E-state index is 0.0740. The highest BCUT2D eigenvalue weighted by atomic mass is 35.5. The number of ether oxygens (including phenoxy) is 1. The van der Waals surface area contributed by atoms with E-state index in [1.165, 1.54) is 12.8 Å². The molecule has 0 aliphatic heterocycles. The number of rotatable bonds is 5. The Morgan fingerprint density at radius 1 is 1.56 bits per heavy atom. The number of hydrogen-bond acceptors (Lipinski definition) is 4. The van der Waals surface area contributed by atoms with Crippen molar-refractivity contribution < 1.29 is 4.74 Å². The second kappa shape index (κ2) is 5.97. The molecule has 1 heterocycles. The summed E-state index contributed by atoms with van der Waals surface area (Å²) >= 11 is 6.15. The van der Waals surface area contributed by atoms with Crippen LogP contribution in [0.1, 0.15) is 31.2 Å². The molecule has 5 heteroatoms. The highest BCUT2D eigenvalue weighted by Gasteiger charge is 2.41. The first-order valence-corrected chi connectivity index (χ1v) is 6.69. The normalized spacial score (nSPS) is 19.9. The number of hydrazine groups is 1. The molecule has 0 spiro atoms. The van der Waals surface area contributed by atoms with Crippen LogP contribution in [0.15, 0.2) is 18.5 Å². The molecule has 4 nitrogen and oxygen atoms in total. The number of halogens is 1. The molecule has 1 unspecified atom stereocenters. The summed E-state index contributed by atoms with van der Waals surface area (Å²) in [6.07, 6.45) is 8.64. The smallest absolute Gasteiger partial charge is 0.0847 e. The maximum atomic E-state index is 6.15. The fraction of sp³-hybridized carbons (Fsp3) is 0.615. The molecule has 0 amide bonds. The van der Waals surface area contributed by atoms with Gasteiger partial charge in [-0.1, -0.05) is 24.4 Å². The van der Waals surface area contributed by atoms with Gasteiger partial charge in [0.1, 0.15) is 0 Å². The highest BCUT2D eigenvalue weighted by molar-refractivity contribution is 6.31. The number of methoxy groups -OCH3 is 1. The maximum absolute atomic E-state index is 6.15. The van der Waals surface area contributed by atoms with E-state index in [0.717, 1.165) is 24.8 Å². The molecule has 1 aliphatic rings. The van der Waals surface area contributed by atoms with Gasteiger partial charge in [-0.2, -0.15) is 0 Å². The van der Waals surface area contributed by atoms with Crippen LogP contribution in [0.25, 0.3) is 0 Å². The van der Waals surface area contributed by atoms with Gasteiger partial charge in [-0.3, -0.25) is 16.3 Å². The van der Waals surface area contributed by atoms with Crippen LogP contribution in [-0.2, 0) is 11.2 Å². The molecule has 3 N–H and O–H groups in total. The summed E-state index contributed by atoms with van der Waals surface area (Å²) in [5, 5.41) is 0.682. The van der Waals surface area contributed by atoms with Crippen molar-refractivity contribution >= 4 is 11.6 Å². The predicted octanol–water partition coefficient (Wildman–Crippen LogP) is 2.07. The van der Waals surface area contributed by atoms with E-state index in [0.29, 0.717) is 5.02 Å². The van der Waals surface area contributed by atoms with E-state index in [2.05, 4.69) is 10.4 Å². The Hall–Kier alpha value is -0.680. The Labute approximate surface area is 113 Å². The minimum atomic E-state index is -0.165. The quantitative estimate of drug-likeness (QED) is 0.635. The minimum Gasteiger partial charge on any atom is -0.377 e. The molecule has 0 aromatic carbocycles. The van der Waals surface area contributed by atoms with Crippen LogP contribution in [0, 0.1) is 0 Å². The number of aromatic nitrogens is 1. The highest BCUT2D eigenvalue weighted by Crippen LogP contribution is 2.37. The van der Waals surface area contributed by atoms with Crippen molar-refractivity contribution in [3.8, 4) is 0 Å². The van der Waals surface area contributed by atoms with Gasteiger partial charge >= 0.3 is 0 Å². The van der Waals surface area contributed by atoms with Gasteiger partial charge in [0.25, 0.3) is 0 Å². The molecule has 1 aromatic rings. The third-order valence-corrected chi connectivity index (χ3v) is 4.31. The van der Waals surface area contributed by atoms with Crippen molar-refractivity contribution in [3.63, 3.8) is 0 Å². The first-order valence-electron chi connectivity index (χ1n) is 6.31. The summed E-state index contributed by atoms with van der Waals surface area (Å²) in [6.45, 7) is 0. The fourth-order valence-electron chi connectivity index (χ4n) is 2.85. The molecular weight excluding hydrogens is 250 g/mol. The zero-order valence-electron chi connectivity index (χ0n) is 10.7. The average Bonchev–Trinajstić information content (AvgIpc) is 2.88. The van der Waals surface area contributed by atoms with Gasteiger partial charge in [0.2, 0.25) is 0 Å². The van der Waals surface area contributed by atoms with Crippen molar-refractivity contribution in [2.45, 2.75) is 43.7 Å². The van der Waals surface area contributed by atoms with Crippen molar-refractivity contribution in [1.82, 2.24) is 10.4 Å². The molecule has 1 fully saturated rings. The summed E-state index contributed by atoms with van der Waals surface area (Å²) < 4.78 is 5.76. The Kier molecular flexibility index (Phi) is 4.56. The third-order valence-electron chi connectivity index (χ3n) is 3.97. The monoisotopic (exact) mass is 269 g/mol. The summed E-state index contributed by atoms with van der Waals surface area (Å²) in [5.74, 6) is 5.72. The van der Waals surface area contributed by atoms with E-state index in [-0.39, 0.29) is 11.6 Å². The van der Waals surface area contributed by atoms with Crippen molar-refractivity contribution in [1.29, 1.82) is 0 Å². The SMILES string of the molecule is COC1(C(Cc2ccncc2Cl)NN)CCCC1. The molecule has 0 saturated heterocycles. The van der Waals surface area contributed by atoms with E-state index >= 15 is 0 Å². The number of pyridine rings is 1. The van der Waals surface area contributed by atoms with Crippen LogP contribution < -0.4 is 11.3 Å². The molecule has 0 bridgehead atoms. The van der Waals surface area contributed by atoms with E-state index in [1.54, 1.807) is 19.5 Å². The first-order chi connectivity index (χ1) is 8.72. The Morgan fingerprint density at radius 3 is 2.83 bits per heavy atom. The standard InChI is InChI=1S/C13H20ClN3O/c1-18-13(5-2-3-6-13)12(17-15)8-10-4-7-16-9-11(10)14/h4,7,9,12,17H,2-3,5-6,8,15H2,1H3. The first kappa shape index (κ1) is 13.7. The zero-order chi connectivity index (χ0) is 13.0. The number of nitrogens with one attached hydrogen (secondary N) is 1. The predicted molar refractivity (Wildman–Crippen MR) is 72.3 cm³/mol. The topological polar surface area (TPSA) is 60.2 Å². The Morgan fingerprint density at radius 2 is 2.28 bits per heavy atom. The second-order valence-corrected chi connectivity index (χ2v) is 5.27. The van der Waals surface area contributed by atoms with E-state index in [4.69, 9.17) is 22.2 Å². The van der Waals surface area contributed by atoms with Crippen LogP contribution in [0.3, 0.4) is 0 Å². The number of nitrogens with two attached hydrogens (primary N) is 1. The van der Waals surface area contributed by atoms with Crippen molar-refractivity contribution in [2.75, 3.05) is 7.11 Å². The lowest BCUT2D eigenvalue weighted by Crippen LogP contribution is -2.54. The lowest BCUT2D eigenvalue weighted by molar-refractivity contribution is -0.0355. The lowest BCUT2D eigenvalue weighted by Gasteiger charge is -2.36. The largest absolute Gasteiger partial charge is 0.377 e. The number of hydrogen-bond donors (Lipinski definition) is 2. The van der Waals surface area contributed by atoms with Gasteiger partial charge in [0.05, 0.1) is 16.7 Å². The van der Waals surface area contributed by atoms with Crippen molar-refractivity contribution in [3.05, 3.63) is 29.0 Å². The number of nitrogens with zero attached hydrogens (tertiary/aromatic N) is 1. The van der Waals surface area contributed by atoms with E-state index < -0.39 is 0 Å². The van der Waals surface area contributed by atoms with Crippen LogP contribution in [0.4, 0.5) is 0 Å². The molecule has 2 rings (SSSR count). The van der Waals surface area contributed by atoms with E-state index in [1.807, 2.05) is 6.07 Å². The molecule has 18 heavy (non-hydrogen) atoms. The zero-order valence-corrected chi connectivity index (χ0v) is 11.4. The van der Waals surface area contributed by atoms with Gasteiger partial charge in [0, 0.05) is 19.5 Å². The summed E-state index contributed by atoms with van der Waals surface area (Å²) in [4.78, 5) is 4.00. The molecule has 100 valence electrons. The maximum Gasteiger partial charge on any atom is 0.0847 e. The summed E-state index contributed by atoms with van der Waals surface area (Å²) in [7, 11) is 1.77. The Bertz CT molecular complexity index is 394. The fourth-order valence-corrected chi connectivity index (χ4v) is 3.05. The average molecular weight is 270 g/mol. The molecular formula is C13H20ClN3O. The second-order valence-electron chi connectivity index (χ2n) is 4.87. The Balaban J connectivity index is 2.16. The third kappa shape index (κ3) is 2.67. The van der Waals surface area contributed by atoms with Crippen LogP contribution in [-0.4, -0.2) is 23.7 Å². The van der Waals surface area contributed by atoms with Gasteiger partial charge < -0.3 is 4.74 Å². The van der Waals surface area contributed by atoms with Crippen LogP contribution in [0.5, 0.6) is 0 Å². The van der Waals surface area contributed by atoms with E-state index in [9.17, 15) is 0 Å². The van der Waals surface area contributed by atoms with Gasteiger partial charge in [-0.25, -0.2) is 0 Å². The summed E-state index contributed by atoms with van der Waals surface area (Å²) in [5.41, 5.74) is 3.80. The molecule has 1 aromatic heterocycles. The summed E-state index contributed by atoms with van der Waals surface area (Å²) in [6, 6.07) is 2.01. The van der Waals surface area contributed by atoms with Crippen LogP contribution in [0.2, 0.25) is 5.02 Å². The molecule has 1 atom stereocenters. The molecule has 0 radical (unpaired) electrons. The van der Waals surface area contributed by atoms with Crippen molar-refractivity contribution in [2.24, 2.45) is 5.84 Å². The molecule has 1 aliphatic carbocycles. The van der Waals surface area contributed by atoms with Gasteiger partial charge in [-0.05, 0) is 30.9 Å². The molecule has 1 saturated carbocycles.